The van der Waals surface area contributed by atoms with Crippen molar-refractivity contribution in [3.05, 3.63) is 0 Å². The Kier molecular flexibility index (Phi) is 6.27. The molecule has 1 aliphatic heterocycles. The second kappa shape index (κ2) is 7.98. The van der Waals surface area contributed by atoms with Crippen LogP contribution in [0.25, 0.3) is 0 Å². The third kappa shape index (κ3) is 4.23. The van der Waals surface area contributed by atoms with Gasteiger partial charge in [-0.25, -0.2) is 0 Å². The van der Waals surface area contributed by atoms with E-state index >= 15 is 0 Å². The molecule has 1 atom stereocenters. The van der Waals surface area contributed by atoms with Gasteiger partial charge in [-0.15, -0.1) is 0 Å². The number of hydrogen-bond donors (Lipinski definition) is 1. The van der Waals surface area contributed by atoms with Gasteiger partial charge in [-0.2, -0.15) is 0 Å². The van der Waals surface area contributed by atoms with E-state index < -0.39 is 0 Å². The maximum atomic E-state index is 12.8. The lowest BCUT2D eigenvalue weighted by Gasteiger charge is -2.39. The van der Waals surface area contributed by atoms with Crippen molar-refractivity contribution in [1.29, 1.82) is 0 Å². The molecule has 0 bridgehead atoms. The van der Waals surface area contributed by atoms with Gasteiger partial charge >= 0.3 is 0 Å². The zero-order valence-electron chi connectivity index (χ0n) is 14.4. The molecule has 2 amide bonds. The van der Waals surface area contributed by atoms with Gasteiger partial charge in [0.15, 0.2) is 0 Å². The molecule has 0 aromatic carbocycles. The molecule has 2 rings (SSSR count). The number of amides is 2. The molecule has 2 fully saturated rings. The largest absolute Gasteiger partial charge is 0.354 e. The topological polar surface area (TPSA) is 49.4 Å². The first-order chi connectivity index (χ1) is 10.5. The molecular formula is C18H32N2O2. The first-order valence-corrected chi connectivity index (χ1v) is 9.13. The van der Waals surface area contributed by atoms with E-state index in [1.807, 2.05) is 13.8 Å². The van der Waals surface area contributed by atoms with Crippen molar-refractivity contribution in [2.75, 3.05) is 6.54 Å². The Labute approximate surface area is 135 Å². The van der Waals surface area contributed by atoms with E-state index in [0.29, 0.717) is 11.9 Å². The molecule has 0 radical (unpaired) electrons. The molecule has 0 aromatic heterocycles. The highest BCUT2D eigenvalue weighted by Crippen LogP contribution is 2.32. The van der Waals surface area contributed by atoms with Crippen molar-refractivity contribution in [2.24, 2.45) is 11.8 Å². The van der Waals surface area contributed by atoms with Crippen molar-refractivity contribution in [3.8, 4) is 0 Å². The molecule has 1 heterocycles. The van der Waals surface area contributed by atoms with Gasteiger partial charge < -0.3 is 10.2 Å². The van der Waals surface area contributed by atoms with Crippen LogP contribution in [-0.2, 0) is 9.59 Å². The van der Waals surface area contributed by atoms with Crippen molar-refractivity contribution in [3.63, 3.8) is 0 Å². The Morgan fingerprint density at radius 2 is 1.68 bits per heavy atom. The number of carbonyl (C=O) groups excluding carboxylic acids is 2. The highest BCUT2D eigenvalue weighted by molar-refractivity contribution is 5.81. The van der Waals surface area contributed by atoms with Gasteiger partial charge in [0.25, 0.3) is 0 Å². The van der Waals surface area contributed by atoms with Gasteiger partial charge in [0.2, 0.25) is 11.8 Å². The van der Waals surface area contributed by atoms with Gasteiger partial charge in [-0.1, -0.05) is 6.92 Å². The Morgan fingerprint density at radius 1 is 1.05 bits per heavy atom. The van der Waals surface area contributed by atoms with Crippen LogP contribution < -0.4 is 5.32 Å². The summed E-state index contributed by atoms with van der Waals surface area (Å²) in [7, 11) is 0. The quantitative estimate of drug-likeness (QED) is 0.867. The van der Waals surface area contributed by atoms with Gasteiger partial charge in [-0.3, -0.25) is 9.59 Å². The number of nitrogens with zero attached hydrogens (tertiary/aromatic N) is 1. The number of carbonyl (C=O) groups is 2. The van der Waals surface area contributed by atoms with Crippen LogP contribution >= 0.6 is 0 Å². The second-order valence-electron chi connectivity index (χ2n) is 7.30. The number of likely N-dealkylation sites (tertiary alicyclic amines) is 1. The number of rotatable bonds is 4. The summed E-state index contributed by atoms with van der Waals surface area (Å²) in [6.45, 7) is 7.11. The van der Waals surface area contributed by atoms with Crippen LogP contribution in [0.1, 0.15) is 72.1 Å². The lowest BCUT2D eigenvalue weighted by molar-refractivity contribution is -0.142. The monoisotopic (exact) mass is 308 g/mol. The maximum absolute atomic E-state index is 12.8. The van der Waals surface area contributed by atoms with E-state index in [1.54, 1.807) is 0 Å². The summed E-state index contributed by atoms with van der Waals surface area (Å²) >= 11 is 0. The van der Waals surface area contributed by atoms with Crippen LogP contribution in [0.4, 0.5) is 0 Å². The van der Waals surface area contributed by atoms with Crippen molar-refractivity contribution in [1.82, 2.24) is 10.2 Å². The van der Waals surface area contributed by atoms with Crippen LogP contribution in [0.3, 0.4) is 0 Å². The minimum absolute atomic E-state index is 0.106. The third-order valence-corrected chi connectivity index (χ3v) is 5.26. The summed E-state index contributed by atoms with van der Waals surface area (Å²) in [4.78, 5) is 27.0. The van der Waals surface area contributed by atoms with Crippen LogP contribution in [0.15, 0.2) is 0 Å². The predicted molar refractivity (Wildman–Crippen MR) is 88.4 cm³/mol. The molecule has 1 saturated heterocycles. The van der Waals surface area contributed by atoms with E-state index in [2.05, 4.69) is 17.1 Å². The molecule has 0 spiro atoms. The molecule has 0 aromatic rings. The number of piperidine rings is 1. The molecule has 22 heavy (non-hydrogen) atoms. The second-order valence-corrected chi connectivity index (χ2v) is 7.30. The highest BCUT2D eigenvalue weighted by atomic mass is 16.2. The minimum atomic E-state index is 0.106. The normalized spacial score (nSPS) is 29.5. The van der Waals surface area contributed by atoms with E-state index in [1.165, 1.54) is 6.42 Å². The Balaban J connectivity index is 1.85. The van der Waals surface area contributed by atoms with Crippen LogP contribution in [0, 0.1) is 11.8 Å². The summed E-state index contributed by atoms with van der Waals surface area (Å²) < 4.78 is 0. The highest BCUT2D eigenvalue weighted by Gasteiger charge is 2.34. The summed E-state index contributed by atoms with van der Waals surface area (Å²) in [6.07, 6.45) is 8.11. The predicted octanol–water partition coefficient (Wildman–Crippen LogP) is 3.11. The summed E-state index contributed by atoms with van der Waals surface area (Å²) in [6, 6.07) is 0.647. The summed E-state index contributed by atoms with van der Waals surface area (Å²) in [5.74, 6) is 0.782. The average molecular weight is 308 g/mol. The molecule has 4 nitrogen and oxygen atoms in total. The van der Waals surface area contributed by atoms with E-state index in [0.717, 1.165) is 51.5 Å². The van der Waals surface area contributed by atoms with Crippen molar-refractivity contribution >= 4 is 11.8 Å². The van der Waals surface area contributed by atoms with Gasteiger partial charge in [0.05, 0.1) is 0 Å². The molecular weight excluding hydrogens is 276 g/mol. The Hall–Kier alpha value is -1.06. The zero-order valence-corrected chi connectivity index (χ0v) is 14.4. The lowest BCUT2D eigenvalue weighted by Crippen LogP contribution is -2.47. The molecule has 1 saturated carbocycles. The van der Waals surface area contributed by atoms with Crippen LogP contribution in [0.2, 0.25) is 0 Å². The van der Waals surface area contributed by atoms with E-state index in [-0.39, 0.29) is 23.8 Å². The van der Waals surface area contributed by atoms with E-state index in [9.17, 15) is 9.59 Å². The van der Waals surface area contributed by atoms with Crippen molar-refractivity contribution in [2.45, 2.75) is 84.2 Å². The lowest BCUT2D eigenvalue weighted by atomic mass is 9.80. The standard InChI is InChI=1S/C18H32N2O2/c1-4-16-7-5-6-12-20(16)18(22)15-10-8-14(9-11-15)17(21)19-13(2)3/h13-16H,4-12H2,1-3H3,(H,19,21). The van der Waals surface area contributed by atoms with E-state index in [4.69, 9.17) is 0 Å². The third-order valence-electron chi connectivity index (χ3n) is 5.26. The van der Waals surface area contributed by atoms with Crippen molar-refractivity contribution < 1.29 is 9.59 Å². The Bertz CT molecular complexity index is 387. The first kappa shape index (κ1) is 17.3. The molecule has 1 N–H and O–H groups in total. The molecule has 1 unspecified atom stereocenters. The summed E-state index contributed by atoms with van der Waals surface area (Å²) in [5, 5.41) is 3.00. The van der Waals surface area contributed by atoms with Gasteiger partial charge in [0, 0.05) is 30.5 Å². The molecule has 2 aliphatic rings. The van der Waals surface area contributed by atoms with Gasteiger partial charge in [0.1, 0.15) is 0 Å². The fourth-order valence-corrected chi connectivity index (χ4v) is 3.95. The van der Waals surface area contributed by atoms with Crippen LogP contribution in [0.5, 0.6) is 0 Å². The maximum Gasteiger partial charge on any atom is 0.225 e. The summed E-state index contributed by atoms with van der Waals surface area (Å²) in [5.41, 5.74) is 0. The minimum Gasteiger partial charge on any atom is -0.354 e. The molecule has 4 heteroatoms. The first-order valence-electron chi connectivity index (χ1n) is 9.13. The average Bonchev–Trinajstić information content (AvgIpc) is 2.53. The van der Waals surface area contributed by atoms with Crippen LogP contribution in [-0.4, -0.2) is 35.3 Å². The molecule has 126 valence electrons. The fraction of sp³-hybridized carbons (Fsp3) is 0.889. The zero-order chi connectivity index (χ0) is 16.1. The number of nitrogens with one attached hydrogen (secondary N) is 1. The van der Waals surface area contributed by atoms with Gasteiger partial charge in [-0.05, 0) is 65.2 Å². The number of hydrogen-bond acceptors (Lipinski definition) is 2. The molecule has 1 aliphatic carbocycles. The smallest absolute Gasteiger partial charge is 0.225 e. The Morgan fingerprint density at radius 3 is 2.27 bits per heavy atom. The SMILES string of the molecule is CCC1CCCCN1C(=O)C1CCC(C(=O)NC(C)C)CC1. The fourth-order valence-electron chi connectivity index (χ4n) is 3.95.